The second kappa shape index (κ2) is 5.65. The van der Waals surface area contributed by atoms with Gasteiger partial charge in [0, 0.05) is 0 Å². The summed E-state index contributed by atoms with van der Waals surface area (Å²) in [6, 6.07) is 1.45. The van der Waals surface area contributed by atoms with Crippen molar-refractivity contribution in [3.05, 3.63) is 12.2 Å². The van der Waals surface area contributed by atoms with Gasteiger partial charge in [-0.2, -0.15) is 0 Å². The van der Waals surface area contributed by atoms with E-state index in [0.717, 1.165) is 0 Å². The Morgan fingerprint density at radius 3 is 2.50 bits per heavy atom. The van der Waals surface area contributed by atoms with Gasteiger partial charge in [0.2, 0.25) is 0 Å². The van der Waals surface area contributed by atoms with Gasteiger partial charge in [0.1, 0.15) is 0 Å². The van der Waals surface area contributed by atoms with E-state index >= 15 is 0 Å². The molecule has 1 unspecified atom stereocenters. The van der Waals surface area contributed by atoms with Crippen LogP contribution in [0.5, 0.6) is 0 Å². The third-order valence-electron chi connectivity index (χ3n) is 4.20. The lowest BCUT2D eigenvalue weighted by molar-refractivity contribution is 0.233. The van der Waals surface area contributed by atoms with E-state index in [-0.39, 0.29) is 0 Å². The lowest BCUT2D eigenvalue weighted by Crippen LogP contribution is -2.61. The van der Waals surface area contributed by atoms with E-state index in [1.807, 2.05) is 0 Å². The third-order valence-corrected chi connectivity index (χ3v) is 20.8. The van der Waals surface area contributed by atoms with Crippen molar-refractivity contribution in [1.29, 1.82) is 0 Å². The summed E-state index contributed by atoms with van der Waals surface area (Å²) in [5.74, 6) is 0. The molecule has 1 rings (SSSR count). The summed E-state index contributed by atoms with van der Waals surface area (Å²) in [7, 11) is -2.39. The van der Waals surface area contributed by atoms with E-state index in [1.54, 1.807) is 0 Å². The van der Waals surface area contributed by atoms with Crippen molar-refractivity contribution in [3.8, 4) is 0 Å². The fourth-order valence-corrected chi connectivity index (χ4v) is 8.64. The normalized spacial score (nSPS) is 28.4. The fraction of sp³-hybridized carbons (Fsp3) is 0.846. The molecule has 0 radical (unpaired) electrons. The molecule has 0 aromatic carbocycles. The summed E-state index contributed by atoms with van der Waals surface area (Å²) in [6.45, 7) is 12.1. The van der Waals surface area contributed by atoms with E-state index in [4.69, 9.17) is 4.43 Å². The molecule has 94 valence electrons. The van der Waals surface area contributed by atoms with Crippen LogP contribution in [0, 0.1) is 0 Å². The highest BCUT2D eigenvalue weighted by Crippen LogP contribution is 2.33. The highest BCUT2D eigenvalue weighted by Gasteiger charge is 2.46. The summed E-state index contributed by atoms with van der Waals surface area (Å²) in [5.41, 5.74) is 0. The smallest absolute Gasteiger partial charge is 0.174 e. The van der Waals surface area contributed by atoms with E-state index in [1.165, 1.54) is 31.7 Å². The molecule has 16 heavy (non-hydrogen) atoms. The van der Waals surface area contributed by atoms with Crippen LogP contribution < -0.4 is 0 Å². The monoisotopic (exact) mass is 256 g/mol. The minimum atomic E-state index is -1.36. The van der Waals surface area contributed by atoms with E-state index < -0.39 is 15.4 Å². The topological polar surface area (TPSA) is 9.23 Å². The summed E-state index contributed by atoms with van der Waals surface area (Å²) >= 11 is 0. The van der Waals surface area contributed by atoms with Crippen LogP contribution in [-0.4, -0.2) is 21.5 Å². The molecule has 1 saturated heterocycles. The van der Waals surface area contributed by atoms with Gasteiger partial charge >= 0.3 is 0 Å². The molecule has 1 aliphatic heterocycles. The van der Waals surface area contributed by atoms with Gasteiger partial charge in [-0.05, 0) is 25.9 Å². The number of hydrogen-bond acceptors (Lipinski definition) is 1. The van der Waals surface area contributed by atoms with Crippen molar-refractivity contribution in [2.75, 3.05) is 0 Å². The molecular weight excluding hydrogens is 228 g/mol. The summed E-state index contributed by atoms with van der Waals surface area (Å²) in [6.07, 6.45) is 10.2. The Bertz CT molecular complexity index is 246. The van der Waals surface area contributed by atoms with Gasteiger partial charge in [0.05, 0.1) is 13.7 Å². The maximum atomic E-state index is 6.38. The predicted molar refractivity (Wildman–Crippen MR) is 77.9 cm³/mol. The average molecular weight is 257 g/mol. The molecule has 1 atom stereocenters. The molecule has 1 fully saturated rings. The zero-order chi connectivity index (χ0) is 12.2. The highest BCUT2D eigenvalue weighted by molar-refractivity contribution is 7.38. The Balaban J connectivity index is 2.46. The third kappa shape index (κ3) is 3.57. The standard InChI is InChI=1S/C13H28OSi2/c1-6-7-8-9-10-13-11-12-15(2,3)16(4,5)14-13/h9-10,13H,6-8,11-12H2,1-5H3. The van der Waals surface area contributed by atoms with Crippen molar-refractivity contribution in [3.63, 3.8) is 0 Å². The van der Waals surface area contributed by atoms with Crippen LogP contribution in [0.2, 0.25) is 32.2 Å². The molecule has 0 spiro atoms. The molecule has 1 nitrogen and oxygen atoms in total. The molecule has 0 bridgehead atoms. The first-order valence-electron chi connectivity index (χ1n) is 6.73. The molecule has 0 amide bonds. The first-order chi connectivity index (χ1) is 7.39. The average Bonchev–Trinajstić information content (AvgIpc) is 2.18. The maximum Gasteiger partial charge on any atom is 0.174 e. The SMILES string of the molecule is CCCCC=CC1CC[Si](C)(C)[Si](C)(C)O1. The van der Waals surface area contributed by atoms with Crippen molar-refractivity contribution in [2.45, 2.75) is 70.9 Å². The van der Waals surface area contributed by atoms with Gasteiger partial charge in [0.25, 0.3) is 0 Å². The number of hydrogen-bond donors (Lipinski definition) is 0. The minimum absolute atomic E-state index is 0.430. The van der Waals surface area contributed by atoms with Gasteiger partial charge in [-0.3, -0.25) is 0 Å². The second-order valence-corrected chi connectivity index (χ2v) is 21.4. The molecule has 0 N–H and O–H groups in total. The Morgan fingerprint density at radius 2 is 1.94 bits per heavy atom. The summed E-state index contributed by atoms with van der Waals surface area (Å²) < 4.78 is 6.38. The Hall–Kier alpha value is 0.134. The molecular formula is C13H28OSi2. The van der Waals surface area contributed by atoms with Gasteiger partial charge in [-0.15, -0.1) is 0 Å². The van der Waals surface area contributed by atoms with Crippen molar-refractivity contribution in [2.24, 2.45) is 0 Å². The minimum Gasteiger partial charge on any atom is -0.414 e. The lowest BCUT2D eigenvalue weighted by atomic mass is 10.2. The lowest BCUT2D eigenvalue weighted by Gasteiger charge is -2.45. The van der Waals surface area contributed by atoms with Crippen molar-refractivity contribution < 1.29 is 4.43 Å². The Kier molecular flexibility index (Phi) is 5.01. The highest BCUT2D eigenvalue weighted by atomic mass is 29.3. The zero-order valence-electron chi connectivity index (χ0n) is 11.7. The van der Waals surface area contributed by atoms with Crippen LogP contribution >= 0.6 is 0 Å². The van der Waals surface area contributed by atoms with Crippen LogP contribution in [0.25, 0.3) is 0 Å². The summed E-state index contributed by atoms with van der Waals surface area (Å²) in [5, 5.41) is 0. The van der Waals surface area contributed by atoms with Crippen molar-refractivity contribution in [1.82, 2.24) is 0 Å². The molecule has 0 aromatic rings. The number of allylic oxidation sites excluding steroid dienone is 1. The van der Waals surface area contributed by atoms with Crippen LogP contribution in [-0.2, 0) is 4.43 Å². The molecule has 1 aliphatic rings. The molecule has 1 heterocycles. The van der Waals surface area contributed by atoms with E-state index in [2.05, 4.69) is 45.3 Å². The van der Waals surface area contributed by atoms with Crippen LogP contribution in [0.3, 0.4) is 0 Å². The van der Waals surface area contributed by atoms with Crippen LogP contribution in [0.1, 0.15) is 32.6 Å². The van der Waals surface area contributed by atoms with Crippen LogP contribution in [0.15, 0.2) is 12.2 Å². The summed E-state index contributed by atoms with van der Waals surface area (Å²) in [4.78, 5) is 0. The molecule has 0 aromatic heterocycles. The second-order valence-electron chi connectivity index (χ2n) is 6.16. The first kappa shape index (κ1) is 14.2. The fourth-order valence-electron chi connectivity index (χ4n) is 2.11. The number of unbranched alkanes of at least 4 members (excludes halogenated alkanes) is 2. The number of rotatable bonds is 4. The molecule has 0 saturated carbocycles. The molecule has 0 aliphatic carbocycles. The maximum absolute atomic E-state index is 6.38. The van der Waals surface area contributed by atoms with Gasteiger partial charge in [0.15, 0.2) is 7.83 Å². The molecule has 3 heteroatoms. The quantitative estimate of drug-likeness (QED) is 0.408. The van der Waals surface area contributed by atoms with Gasteiger partial charge in [-0.1, -0.05) is 51.1 Å². The van der Waals surface area contributed by atoms with Crippen molar-refractivity contribution >= 4 is 15.4 Å². The Morgan fingerprint density at radius 1 is 1.25 bits per heavy atom. The van der Waals surface area contributed by atoms with Gasteiger partial charge in [-0.25, -0.2) is 0 Å². The van der Waals surface area contributed by atoms with E-state index in [9.17, 15) is 0 Å². The zero-order valence-corrected chi connectivity index (χ0v) is 13.7. The van der Waals surface area contributed by atoms with Gasteiger partial charge < -0.3 is 4.43 Å². The largest absolute Gasteiger partial charge is 0.414 e. The predicted octanol–water partition coefficient (Wildman–Crippen LogP) is 4.51. The first-order valence-corrected chi connectivity index (χ1v) is 13.8. The van der Waals surface area contributed by atoms with E-state index in [0.29, 0.717) is 6.10 Å². The Labute approximate surface area is 103 Å². The van der Waals surface area contributed by atoms with Crippen LogP contribution in [0.4, 0.5) is 0 Å².